The van der Waals surface area contributed by atoms with Crippen LogP contribution < -0.4 is 5.32 Å². The topological polar surface area (TPSA) is 45.2 Å². The van der Waals surface area contributed by atoms with Crippen LogP contribution in [0.25, 0.3) is 0 Å². The van der Waals surface area contributed by atoms with Gasteiger partial charge >= 0.3 is 0 Å². The standard InChI is InChI=1S/C15H22BrN3O/c1-3-7-17-14-13(8-12(16)9-18-14)15(20)19(4-2)10-11-5-6-11/h8-9,11H,3-7,10H2,1-2H3,(H,17,18). The highest BCUT2D eigenvalue weighted by molar-refractivity contribution is 9.10. The lowest BCUT2D eigenvalue weighted by atomic mass is 10.2. The van der Waals surface area contributed by atoms with Crippen LogP contribution >= 0.6 is 15.9 Å². The molecular formula is C15H22BrN3O. The van der Waals surface area contributed by atoms with Gasteiger partial charge in [-0.1, -0.05) is 6.92 Å². The first-order valence-corrected chi connectivity index (χ1v) is 8.13. The number of nitrogens with zero attached hydrogens (tertiary/aromatic N) is 2. The lowest BCUT2D eigenvalue weighted by molar-refractivity contribution is 0.0757. The molecule has 0 aromatic carbocycles. The summed E-state index contributed by atoms with van der Waals surface area (Å²) in [6.45, 7) is 6.57. The van der Waals surface area contributed by atoms with Crippen molar-refractivity contribution in [3.8, 4) is 0 Å². The molecule has 0 atom stereocenters. The number of pyridine rings is 1. The molecule has 1 fully saturated rings. The zero-order valence-corrected chi connectivity index (χ0v) is 13.7. The number of aromatic nitrogens is 1. The molecule has 0 radical (unpaired) electrons. The van der Waals surface area contributed by atoms with Crippen molar-refractivity contribution in [1.29, 1.82) is 0 Å². The van der Waals surface area contributed by atoms with E-state index in [2.05, 4.69) is 33.2 Å². The number of halogens is 1. The van der Waals surface area contributed by atoms with E-state index in [1.807, 2.05) is 17.9 Å². The van der Waals surface area contributed by atoms with Crippen LogP contribution in [0.3, 0.4) is 0 Å². The molecule has 1 aliphatic carbocycles. The fourth-order valence-corrected chi connectivity index (χ4v) is 2.46. The van der Waals surface area contributed by atoms with E-state index in [-0.39, 0.29) is 5.91 Å². The summed E-state index contributed by atoms with van der Waals surface area (Å²) in [6.07, 6.45) is 5.24. The van der Waals surface area contributed by atoms with Crippen molar-refractivity contribution in [2.75, 3.05) is 25.0 Å². The average molecular weight is 340 g/mol. The molecule has 2 rings (SSSR count). The fraction of sp³-hybridized carbons (Fsp3) is 0.600. The van der Waals surface area contributed by atoms with Gasteiger partial charge < -0.3 is 10.2 Å². The lowest BCUT2D eigenvalue weighted by Crippen LogP contribution is -2.33. The summed E-state index contributed by atoms with van der Waals surface area (Å²) in [7, 11) is 0. The van der Waals surface area contributed by atoms with Crippen LogP contribution in [0, 0.1) is 5.92 Å². The molecule has 1 amide bonds. The Morgan fingerprint density at radius 3 is 2.85 bits per heavy atom. The molecule has 110 valence electrons. The maximum Gasteiger partial charge on any atom is 0.257 e. The van der Waals surface area contributed by atoms with Crippen molar-refractivity contribution in [1.82, 2.24) is 9.88 Å². The van der Waals surface area contributed by atoms with Gasteiger partial charge in [0.25, 0.3) is 5.91 Å². The molecule has 20 heavy (non-hydrogen) atoms. The number of nitrogens with one attached hydrogen (secondary N) is 1. The molecule has 0 spiro atoms. The van der Waals surface area contributed by atoms with E-state index in [1.54, 1.807) is 6.20 Å². The Morgan fingerprint density at radius 2 is 2.25 bits per heavy atom. The maximum absolute atomic E-state index is 12.7. The van der Waals surface area contributed by atoms with Gasteiger partial charge in [-0.25, -0.2) is 4.98 Å². The van der Waals surface area contributed by atoms with Crippen LogP contribution in [-0.4, -0.2) is 35.4 Å². The monoisotopic (exact) mass is 339 g/mol. The zero-order valence-electron chi connectivity index (χ0n) is 12.2. The van der Waals surface area contributed by atoms with E-state index in [4.69, 9.17) is 0 Å². The van der Waals surface area contributed by atoms with Crippen LogP contribution in [0.15, 0.2) is 16.7 Å². The zero-order chi connectivity index (χ0) is 14.5. The van der Waals surface area contributed by atoms with Gasteiger partial charge in [-0.2, -0.15) is 0 Å². The van der Waals surface area contributed by atoms with Gasteiger partial charge in [0.2, 0.25) is 0 Å². The van der Waals surface area contributed by atoms with Crippen LogP contribution in [0.4, 0.5) is 5.82 Å². The molecular weight excluding hydrogens is 318 g/mol. The Hall–Kier alpha value is -1.10. The number of amides is 1. The highest BCUT2D eigenvalue weighted by Gasteiger charge is 2.27. The lowest BCUT2D eigenvalue weighted by Gasteiger charge is -2.22. The highest BCUT2D eigenvalue weighted by Crippen LogP contribution is 2.30. The molecule has 0 aliphatic heterocycles. The minimum atomic E-state index is 0.0757. The summed E-state index contributed by atoms with van der Waals surface area (Å²) in [5.74, 6) is 1.46. The van der Waals surface area contributed by atoms with Gasteiger partial charge in [-0.15, -0.1) is 0 Å². The van der Waals surface area contributed by atoms with Crippen molar-refractivity contribution >= 4 is 27.7 Å². The largest absolute Gasteiger partial charge is 0.369 e. The van der Waals surface area contributed by atoms with Crippen molar-refractivity contribution < 1.29 is 4.79 Å². The Bertz CT molecular complexity index is 474. The summed E-state index contributed by atoms with van der Waals surface area (Å²) in [6, 6.07) is 1.86. The third-order valence-electron chi connectivity index (χ3n) is 3.47. The first kappa shape index (κ1) is 15.3. The van der Waals surface area contributed by atoms with Gasteiger partial charge in [0.15, 0.2) is 0 Å². The minimum absolute atomic E-state index is 0.0757. The van der Waals surface area contributed by atoms with Gasteiger partial charge in [-0.3, -0.25) is 4.79 Å². The van der Waals surface area contributed by atoms with Crippen molar-refractivity contribution in [2.24, 2.45) is 5.92 Å². The Balaban J connectivity index is 2.18. The van der Waals surface area contributed by atoms with E-state index in [1.165, 1.54) is 12.8 Å². The molecule has 0 saturated heterocycles. The Morgan fingerprint density at radius 1 is 1.50 bits per heavy atom. The second-order valence-electron chi connectivity index (χ2n) is 5.26. The van der Waals surface area contributed by atoms with Crippen molar-refractivity contribution in [3.63, 3.8) is 0 Å². The number of rotatable bonds is 7. The van der Waals surface area contributed by atoms with Crippen molar-refractivity contribution in [2.45, 2.75) is 33.1 Å². The van der Waals surface area contributed by atoms with E-state index in [0.717, 1.165) is 30.5 Å². The normalized spacial score (nSPS) is 14.2. The third-order valence-corrected chi connectivity index (χ3v) is 3.91. The maximum atomic E-state index is 12.7. The summed E-state index contributed by atoms with van der Waals surface area (Å²) >= 11 is 3.41. The van der Waals surface area contributed by atoms with Crippen LogP contribution in [0.2, 0.25) is 0 Å². The summed E-state index contributed by atoms with van der Waals surface area (Å²) < 4.78 is 0.838. The Kier molecular flexibility index (Phi) is 5.40. The number of hydrogen-bond donors (Lipinski definition) is 1. The van der Waals surface area contributed by atoms with Gasteiger partial charge in [0.1, 0.15) is 5.82 Å². The van der Waals surface area contributed by atoms with Crippen LogP contribution in [-0.2, 0) is 0 Å². The predicted molar refractivity (Wildman–Crippen MR) is 85.0 cm³/mol. The first-order valence-electron chi connectivity index (χ1n) is 7.34. The van der Waals surface area contributed by atoms with Crippen LogP contribution in [0.5, 0.6) is 0 Å². The van der Waals surface area contributed by atoms with Gasteiger partial charge in [-0.05, 0) is 54.1 Å². The molecule has 4 nitrogen and oxygen atoms in total. The average Bonchev–Trinajstić information content (AvgIpc) is 3.26. The summed E-state index contributed by atoms with van der Waals surface area (Å²) in [5.41, 5.74) is 0.662. The number of carbonyl (C=O) groups is 1. The smallest absolute Gasteiger partial charge is 0.257 e. The molecule has 5 heteroatoms. The second-order valence-corrected chi connectivity index (χ2v) is 6.18. The Labute approximate surface area is 129 Å². The number of anilines is 1. The quantitative estimate of drug-likeness (QED) is 0.826. The second kappa shape index (κ2) is 7.07. The van der Waals surface area contributed by atoms with E-state index >= 15 is 0 Å². The number of hydrogen-bond acceptors (Lipinski definition) is 3. The molecule has 0 unspecified atom stereocenters. The van der Waals surface area contributed by atoms with E-state index in [9.17, 15) is 4.79 Å². The highest BCUT2D eigenvalue weighted by atomic mass is 79.9. The summed E-state index contributed by atoms with van der Waals surface area (Å²) in [4.78, 5) is 19.0. The summed E-state index contributed by atoms with van der Waals surface area (Å²) in [5, 5.41) is 3.24. The van der Waals surface area contributed by atoms with Gasteiger partial charge in [0, 0.05) is 30.3 Å². The first-order chi connectivity index (χ1) is 9.65. The van der Waals surface area contributed by atoms with Crippen molar-refractivity contribution in [3.05, 3.63) is 22.3 Å². The molecule has 1 heterocycles. The third kappa shape index (κ3) is 3.95. The molecule has 1 aromatic rings. The SMILES string of the molecule is CCCNc1ncc(Br)cc1C(=O)N(CC)CC1CC1. The van der Waals surface area contributed by atoms with E-state index in [0.29, 0.717) is 17.3 Å². The predicted octanol–water partition coefficient (Wildman–Crippen LogP) is 3.54. The molecule has 1 aliphatic rings. The van der Waals surface area contributed by atoms with E-state index < -0.39 is 0 Å². The van der Waals surface area contributed by atoms with Crippen LogP contribution in [0.1, 0.15) is 43.5 Å². The molecule has 1 saturated carbocycles. The minimum Gasteiger partial charge on any atom is -0.369 e. The molecule has 0 bridgehead atoms. The molecule has 1 aromatic heterocycles. The fourth-order valence-electron chi connectivity index (χ4n) is 2.12. The molecule has 1 N–H and O–H groups in total. The van der Waals surface area contributed by atoms with Gasteiger partial charge in [0.05, 0.1) is 5.56 Å². The number of carbonyl (C=O) groups excluding carboxylic acids is 1.